The first-order chi connectivity index (χ1) is 10.9. The number of hydrogen-bond acceptors (Lipinski definition) is 2. The highest BCUT2D eigenvalue weighted by Gasteiger charge is 2.18. The van der Waals surface area contributed by atoms with E-state index in [1.165, 1.54) is 11.8 Å². The van der Waals surface area contributed by atoms with Gasteiger partial charge in [0.2, 0.25) is 11.8 Å². The maximum Gasteiger partial charge on any atom is 0.224 e. The predicted octanol–water partition coefficient (Wildman–Crippen LogP) is 4.39. The zero-order valence-corrected chi connectivity index (χ0v) is 15.5. The summed E-state index contributed by atoms with van der Waals surface area (Å²) in [5, 5.41) is 0.912. The Morgan fingerprint density at radius 2 is 1.65 bits per heavy atom. The Hall–Kier alpha value is -1.26. The molecular weight excluding hydrogens is 335 g/mol. The highest BCUT2D eigenvalue weighted by Crippen LogP contribution is 2.29. The lowest BCUT2D eigenvalue weighted by atomic mass is 10.2. The number of hydrogen-bond donors (Lipinski definition) is 0. The van der Waals surface area contributed by atoms with Gasteiger partial charge in [-0.1, -0.05) is 37.0 Å². The Labute approximate surface area is 148 Å². The van der Waals surface area contributed by atoms with Crippen molar-refractivity contribution in [2.75, 3.05) is 24.5 Å². The third-order valence-corrected chi connectivity index (χ3v) is 4.01. The van der Waals surface area contributed by atoms with Gasteiger partial charge in [-0.3, -0.25) is 9.59 Å². The summed E-state index contributed by atoms with van der Waals surface area (Å²) in [6.45, 7) is 7.35. The van der Waals surface area contributed by atoms with Gasteiger partial charge >= 0.3 is 0 Å². The lowest BCUT2D eigenvalue weighted by Crippen LogP contribution is -2.37. The van der Waals surface area contributed by atoms with Gasteiger partial charge in [-0.05, 0) is 31.0 Å². The second-order valence-electron chi connectivity index (χ2n) is 5.40. The van der Waals surface area contributed by atoms with Gasteiger partial charge in [0, 0.05) is 38.0 Å². The number of amides is 2. The van der Waals surface area contributed by atoms with Crippen molar-refractivity contribution >= 4 is 40.7 Å². The van der Waals surface area contributed by atoms with Crippen molar-refractivity contribution < 1.29 is 9.59 Å². The summed E-state index contributed by atoms with van der Waals surface area (Å²) in [6.07, 6.45) is 2.12. The molecule has 0 spiro atoms. The van der Waals surface area contributed by atoms with Gasteiger partial charge in [-0.2, -0.15) is 0 Å². The Kier molecular flexibility index (Phi) is 8.42. The minimum atomic E-state index is -0.153. The van der Waals surface area contributed by atoms with Gasteiger partial charge < -0.3 is 9.80 Å². The molecule has 1 rings (SSSR count). The molecule has 0 saturated carbocycles. The number of carbonyl (C=O) groups excluding carboxylic acids is 2. The van der Waals surface area contributed by atoms with Gasteiger partial charge in [-0.25, -0.2) is 0 Å². The zero-order chi connectivity index (χ0) is 17.4. The highest BCUT2D eigenvalue weighted by molar-refractivity contribution is 6.36. The maximum absolute atomic E-state index is 12.4. The molecule has 0 aliphatic rings. The lowest BCUT2D eigenvalue weighted by Gasteiger charge is -2.25. The molecule has 0 heterocycles. The molecule has 6 heteroatoms. The van der Waals surface area contributed by atoms with Crippen molar-refractivity contribution in [2.45, 2.75) is 40.0 Å². The van der Waals surface area contributed by atoms with Crippen LogP contribution in [0.15, 0.2) is 18.2 Å². The molecule has 0 aliphatic heterocycles. The van der Waals surface area contributed by atoms with E-state index in [1.807, 2.05) is 18.7 Å². The van der Waals surface area contributed by atoms with Gasteiger partial charge in [-0.15, -0.1) is 0 Å². The molecule has 0 fully saturated rings. The summed E-state index contributed by atoms with van der Waals surface area (Å²) in [7, 11) is 0. The average molecular weight is 359 g/mol. The Bertz CT molecular complexity index is 543. The third kappa shape index (κ3) is 6.04. The quantitative estimate of drug-likeness (QED) is 0.691. The third-order valence-electron chi connectivity index (χ3n) is 3.47. The van der Waals surface area contributed by atoms with Crippen LogP contribution in [0.2, 0.25) is 10.0 Å². The Morgan fingerprint density at radius 1 is 1.04 bits per heavy atom. The van der Waals surface area contributed by atoms with Crippen molar-refractivity contribution in [3.8, 4) is 0 Å². The number of carbonyl (C=O) groups is 2. The summed E-state index contributed by atoms with van der Waals surface area (Å²) in [5.41, 5.74) is 0.578. The lowest BCUT2D eigenvalue weighted by molar-refractivity contribution is -0.131. The van der Waals surface area contributed by atoms with Crippen molar-refractivity contribution in [1.29, 1.82) is 0 Å². The molecule has 2 amide bonds. The van der Waals surface area contributed by atoms with Crippen LogP contribution < -0.4 is 4.90 Å². The van der Waals surface area contributed by atoms with E-state index in [-0.39, 0.29) is 18.2 Å². The van der Waals surface area contributed by atoms with Crippen LogP contribution in [0.4, 0.5) is 5.69 Å². The molecule has 0 N–H and O–H groups in total. The largest absolute Gasteiger partial charge is 0.343 e. The van der Waals surface area contributed by atoms with Crippen LogP contribution in [0.3, 0.4) is 0 Å². The van der Waals surface area contributed by atoms with Crippen LogP contribution >= 0.6 is 23.2 Å². The molecule has 0 unspecified atom stereocenters. The number of anilines is 1. The standard InChI is InChI=1S/C17H24Cl2N2O2/c1-4-9-20(10-5-2)17(23)8-11-21(13(3)22)16-7-6-14(18)12-15(16)19/h6-7,12H,4-5,8-11H2,1-3H3. The van der Waals surface area contributed by atoms with Gasteiger partial charge in [0.05, 0.1) is 10.7 Å². The van der Waals surface area contributed by atoms with Crippen LogP contribution in [-0.2, 0) is 9.59 Å². The van der Waals surface area contributed by atoms with Crippen molar-refractivity contribution in [2.24, 2.45) is 0 Å². The number of rotatable bonds is 8. The molecule has 0 aliphatic carbocycles. The van der Waals surface area contributed by atoms with Crippen molar-refractivity contribution in [1.82, 2.24) is 4.90 Å². The highest BCUT2D eigenvalue weighted by atomic mass is 35.5. The molecule has 0 saturated heterocycles. The van der Waals surface area contributed by atoms with Crippen molar-refractivity contribution in [3.63, 3.8) is 0 Å². The summed E-state index contributed by atoms with van der Waals surface area (Å²) >= 11 is 12.1. The van der Waals surface area contributed by atoms with Crippen LogP contribution in [0.1, 0.15) is 40.0 Å². The molecule has 0 radical (unpaired) electrons. The first-order valence-electron chi connectivity index (χ1n) is 7.91. The minimum Gasteiger partial charge on any atom is -0.343 e. The first kappa shape index (κ1) is 19.8. The molecule has 4 nitrogen and oxygen atoms in total. The average Bonchev–Trinajstić information content (AvgIpc) is 2.48. The van der Waals surface area contributed by atoms with Crippen LogP contribution in [0, 0.1) is 0 Å². The molecule has 0 atom stereocenters. The molecule has 1 aromatic carbocycles. The van der Waals surface area contributed by atoms with E-state index in [9.17, 15) is 9.59 Å². The van der Waals surface area contributed by atoms with E-state index >= 15 is 0 Å². The summed E-state index contributed by atoms with van der Waals surface area (Å²) in [6, 6.07) is 4.98. The van der Waals surface area contributed by atoms with E-state index in [1.54, 1.807) is 18.2 Å². The topological polar surface area (TPSA) is 40.6 Å². The van der Waals surface area contributed by atoms with E-state index in [4.69, 9.17) is 23.2 Å². The normalized spacial score (nSPS) is 10.5. The number of nitrogens with zero attached hydrogens (tertiary/aromatic N) is 2. The maximum atomic E-state index is 12.4. The summed E-state index contributed by atoms with van der Waals surface area (Å²) in [5.74, 6) is -0.0930. The SMILES string of the molecule is CCCN(CCC)C(=O)CCN(C(C)=O)c1ccc(Cl)cc1Cl. The second kappa shape index (κ2) is 9.78. The van der Waals surface area contributed by atoms with Crippen LogP contribution in [0.25, 0.3) is 0 Å². The van der Waals surface area contributed by atoms with Gasteiger partial charge in [0.15, 0.2) is 0 Å². The van der Waals surface area contributed by atoms with Crippen LogP contribution in [-0.4, -0.2) is 36.3 Å². The summed E-state index contributed by atoms with van der Waals surface area (Å²) < 4.78 is 0. The molecule has 0 bridgehead atoms. The molecule has 0 aromatic heterocycles. The van der Waals surface area contributed by atoms with Gasteiger partial charge in [0.25, 0.3) is 0 Å². The Balaban J connectivity index is 2.80. The molecular formula is C17H24Cl2N2O2. The minimum absolute atomic E-state index is 0.0602. The van der Waals surface area contributed by atoms with Crippen LogP contribution in [0.5, 0.6) is 0 Å². The molecule has 1 aromatic rings. The van der Waals surface area contributed by atoms with E-state index in [2.05, 4.69) is 0 Å². The fourth-order valence-electron chi connectivity index (χ4n) is 2.41. The summed E-state index contributed by atoms with van der Waals surface area (Å²) in [4.78, 5) is 27.6. The van der Waals surface area contributed by atoms with E-state index in [0.717, 1.165) is 25.9 Å². The Morgan fingerprint density at radius 3 is 2.13 bits per heavy atom. The zero-order valence-electron chi connectivity index (χ0n) is 13.9. The number of benzene rings is 1. The number of halogens is 2. The fourth-order valence-corrected chi connectivity index (χ4v) is 2.92. The monoisotopic (exact) mass is 358 g/mol. The molecule has 128 valence electrons. The smallest absolute Gasteiger partial charge is 0.224 e. The predicted molar refractivity (Wildman–Crippen MR) is 96.3 cm³/mol. The first-order valence-corrected chi connectivity index (χ1v) is 8.67. The molecule has 23 heavy (non-hydrogen) atoms. The van der Waals surface area contributed by atoms with Gasteiger partial charge in [0.1, 0.15) is 0 Å². The van der Waals surface area contributed by atoms with E-state index < -0.39 is 0 Å². The second-order valence-corrected chi connectivity index (χ2v) is 6.24. The van der Waals surface area contributed by atoms with E-state index in [0.29, 0.717) is 22.3 Å². The fraction of sp³-hybridized carbons (Fsp3) is 0.529. The van der Waals surface area contributed by atoms with Crippen molar-refractivity contribution in [3.05, 3.63) is 28.2 Å².